The molecule has 0 aliphatic heterocycles. The van der Waals surface area contributed by atoms with Crippen molar-refractivity contribution in [3.63, 3.8) is 0 Å². The molecule has 12 aromatic rings. The van der Waals surface area contributed by atoms with E-state index in [1.807, 2.05) is 30.3 Å². The molecule has 0 fully saturated rings. The topological polar surface area (TPSA) is 48.8 Å². The lowest BCUT2D eigenvalue weighted by molar-refractivity contribution is 0.670. The van der Waals surface area contributed by atoms with Gasteiger partial charge < -0.3 is 13.6 Å². The predicted molar refractivity (Wildman–Crippen MR) is 263 cm³/mol. The van der Waals surface area contributed by atoms with Gasteiger partial charge in [0.25, 0.3) is 0 Å². The fourth-order valence-corrected chi connectivity index (χ4v) is 9.41. The summed E-state index contributed by atoms with van der Waals surface area (Å²) in [6.07, 6.45) is 5.48. The normalized spacial score (nSPS) is 12.0. The van der Waals surface area contributed by atoms with Crippen LogP contribution in [0.3, 0.4) is 0 Å². The van der Waals surface area contributed by atoms with Crippen LogP contribution in [-0.4, -0.2) is 19.1 Å². The number of hydrogen-bond acceptors (Lipinski definition) is 3. The molecule has 8 aromatic carbocycles. The largest absolute Gasteiger partial charge is 0.455 e. The van der Waals surface area contributed by atoms with Crippen LogP contribution in [-0.2, 0) is 0 Å². The second-order valence-corrected chi connectivity index (χ2v) is 15.9. The maximum Gasteiger partial charge on any atom is 0.160 e. The van der Waals surface area contributed by atoms with E-state index in [1.54, 1.807) is 12.2 Å². The number of furan rings is 1. The van der Waals surface area contributed by atoms with Crippen LogP contribution in [0.25, 0.3) is 116 Å². The Balaban J connectivity index is 1.01. The average Bonchev–Trinajstić information content (AvgIpc) is 4.00. The molecular weight excluding hydrogens is 769 g/mol. The summed E-state index contributed by atoms with van der Waals surface area (Å²) in [5.41, 5.74) is 15.0. The zero-order valence-electron chi connectivity index (χ0n) is 34.2. The fourth-order valence-electron chi connectivity index (χ4n) is 9.41. The van der Waals surface area contributed by atoms with Crippen molar-refractivity contribution in [3.8, 4) is 45.1 Å². The third kappa shape index (κ3) is 5.86. The lowest BCUT2D eigenvalue weighted by Crippen LogP contribution is -1.98. The van der Waals surface area contributed by atoms with Crippen LogP contribution in [0.4, 0.5) is 0 Å². The first kappa shape index (κ1) is 36.3. The molecular formula is C58H38N4O. The van der Waals surface area contributed by atoms with Gasteiger partial charge in [0.1, 0.15) is 11.2 Å². The second kappa shape index (κ2) is 14.6. The minimum atomic E-state index is 0.625. The zero-order chi connectivity index (χ0) is 42.0. The molecule has 12 rings (SSSR count). The molecule has 0 aliphatic carbocycles. The van der Waals surface area contributed by atoms with E-state index in [9.17, 15) is 0 Å². The minimum absolute atomic E-state index is 0.625. The summed E-state index contributed by atoms with van der Waals surface area (Å²) in [5.74, 6) is 0.625. The van der Waals surface area contributed by atoms with Crippen LogP contribution >= 0.6 is 0 Å². The summed E-state index contributed by atoms with van der Waals surface area (Å²) in [6.45, 7) is 7.96. The number of allylic oxidation sites excluding steroid dienone is 4. The van der Waals surface area contributed by atoms with Crippen molar-refractivity contribution < 1.29 is 4.42 Å². The molecule has 0 aliphatic rings. The molecule has 0 saturated carbocycles. The lowest BCUT2D eigenvalue weighted by atomic mass is 10.00. The summed E-state index contributed by atoms with van der Waals surface area (Å²) in [7, 11) is 0. The summed E-state index contributed by atoms with van der Waals surface area (Å²) in [6, 6.07) is 66.4. The highest BCUT2D eigenvalue weighted by molar-refractivity contribution is 6.19. The van der Waals surface area contributed by atoms with Crippen molar-refractivity contribution in [2.75, 3.05) is 0 Å². The molecule has 0 atom stereocenters. The number of nitrogens with zero attached hydrogens (tertiary/aromatic N) is 4. The van der Waals surface area contributed by atoms with Crippen LogP contribution < -0.4 is 0 Å². The third-order valence-electron chi connectivity index (χ3n) is 12.3. The van der Waals surface area contributed by atoms with Crippen molar-refractivity contribution >= 4 is 71.1 Å². The molecule has 0 bridgehead atoms. The van der Waals surface area contributed by atoms with Gasteiger partial charge in [-0.25, -0.2) is 9.97 Å². The highest BCUT2D eigenvalue weighted by Gasteiger charge is 2.20. The quantitative estimate of drug-likeness (QED) is 0.144. The first-order valence-corrected chi connectivity index (χ1v) is 21.1. The molecule has 4 heterocycles. The Morgan fingerprint density at radius 2 is 1.08 bits per heavy atom. The molecule has 0 radical (unpaired) electrons. The Labute approximate surface area is 363 Å². The van der Waals surface area contributed by atoms with Crippen molar-refractivity contribution in [2.24, 2.45) is 0 Å². The monoisotopic (exact) mass is 806 g/mol. The van der Waals surface area contributed by atoms with Gasteiger partial charge in [0.2, 0.25) is 0 Å². The SMILES string of the molecule is C=C/C=C(\C=C)c1cc(-c2ccccc2)nc(-c2cccc(-c3cccc4c3oc3ccc(-n5c6ccccc6c6cc7c(cc65)c5ccccc5n7-c5ccccc5)cc34)c2)n1. The highest BCUT2D eigenvalue weighted by Crippen LogP contribution is 2.42. The molecule has 0 unspecified atom stereocenters. The highest BCUT2D eigenvalue weighted by atomic mass is 16.3. The van der Waals surface area contributed by atoms with Gasteiger partial charge in [-0.3, -0.25) is 0 Å². The number of rotatable bonds is 8. The maximum atomic E-state index is 6.78. The van der Waals surface area contributed by atoms with Crippen molar-refractivity contribution in [1.29, 1.82) is 0 Å². The standard InChI is InChI=1S/C58H38N4O/c1-3-17-37(4-2)50-36-51(38-18-7-5-8-19-38)60-58(59-50)40-21-15-20-39(32-40)43-26-16-27-46-49-33-42(30-31-56(49)63-57(43)46)62-53-29-14-12-25-45(53)48-34-54-47(35-55(48)62)44-24-11-13-28-52(44)61(54)41-22-9-6-10-23-41/h3-36H,1-2H2/b37-17+. The molecule has 5 heteroatoms. The van der Waals surface area contributed by atoms with Gasteiger partial charge >= 0.3 is 0 Å². The average molecular weight is 807 g/mol. The maximum absolute atomic E-state index is 6.78. The predicted octanol–water partition coefficient (Wildman–Crippen LogP) is 15.3. The summed E-state index contributed by atoms with van der Waals surface area (Å²) in [4.78, 5) is 10.1. The number of para-hydroxylation sites is 4. The van der Waals surface area contributed by atoms with Crippen LogP contribution in [0, 0.1) is 0 Å². The molecule has 0 amide bonds. The van der Waals surface area contributed by atoms with Crippen LogP contribution in [0.5, 0.6) is 0 Å². The van der Waals surface area contributed by atoms with Crippen molar-refractivity contribution in [3.05, 3.63) is 225 Å². The summed E-state index contributed by atoms with van der Waals surface area (Å²) < 4.78 is 11.6. The Kier molecular flexibility index (Phi) is 8.41. The third-order valence-corrected chi connectivity index (χ3v) is 12.3. The Morgan fingerprint density at radius 1 is 0.460 bits per heavy atom. The van der Waals surface area contributed by atoms with E-state index in [0.717, 1.165) is 83.6 Å². The van der Waals surface area contributed by atoms with E-state index in [1.165, 1.54) is 32.6 Å². The van der Waals surface area contributed by atoms with Gasteiger partial charge in [0, 0.05) is 60.4 Å². The van der Waals surface area contributed by atoms with Crippen LogP contribution in [0.1, 0.15) is 5.69 Å². The molecule has 296 valence electrons. The van der Waals surface area contributed by atoms with Gasteiger partial charge in [-0.15, -0.1) is 0 Å². The number of aromatic nitrogens is 4. The first-order valence-electron chi connectivity index (χ1n) is 21.1. The van der Waals surface area contributed by atoms with Gasteiger partial charge in [-0.2, -0.15) is 0 Å². The van der Waals surface area contributed by atoms with Gasteiger partial charge in [-0.05, 0) is 77.9 Å². The molecule has 63 heavy (non-hydrogen) atoms. The fraction of sp³-hybridized carbons (Fsp3) is 0. The van der Waals surface area contributed by atoms with E-state index in [2.05, 4.69) is 186 Å². The van der Waals surface area contributed by atoms with Crippen LogP contribution in [0.2, 0.25) is 0 Å². The van der Waals surface area contributed by atoms with E-state index in [0.29, 0.717) is 5.82 Å². The van der Waals surface area contributed by atoms with Gasteiger partial charge in [0.15, 0.2) is 5.82 Å². The molecule has 0 N–H and O–H groups in total. The van der Waals surface area contributed by atoms with Crippen molar-refractivity contribution in [1.82, 2.24) is 19.1 Å². The molecule has 0 spiro atoms. The Hall–Kier alpha value is -8.54. The molecule has 0 saturated heterocycles. The van der Waals surface area contributed by atoms with E-state index in [-0.39, 0.29) is 0 Å². The summed E-state index contributed by atoms with van der Waals surface area (Å²) >= 11 is 0. The number of fused-ring (bicyclic) bond motifs is 9. The Morgan fingerprint density at radius 3 is 1.79 bits per heavy atom. The second-order valence-electron chi connectivity index (χ2n) is 15.9. The number of hydrogen-bond donors (Lipinski definition) is 0. The molecule has 4 aromatic heterocycles. The first-order chi connectivity index (χ1) is 31.1. The van der Waals surface area contributed by atoms with Gasteiger partial charge in [-0.1, -0.05) is 153 Å². The Bertz CT molecular complexity index is 3830. The number of benzene rings is 8. The van der Waals surface area contributed by atoms with Crippen molar-refractivity contribution in [2.45, 2.75) is 0 Å². The minimum Gasteiger partial charge on any atom is -0.455 e. The van der Waals surface area contributed by atoms with E-state index < -0.39 is 0 Å². The zero-order valence-corrected chi connectivity index (χ0v) is 34.2. The summed E-state index contributed by atoms with van der Waals surface area (Å²) in [5, 5.41) is 6.98. The lowest BCUT2D eigenvalue weighted by Gasteiger charge is -2.11. The molecule has 5 nitrogen and oxygen atoms in total. The van der Waals surface area contributed by atoms with Crippen LogP contribution in [0.15, 0.2) is 224 Å². The smallest absolute Gasteiger partial charge is 0.160 e. The van der Waals surface area contributed by atoms with E-state index in [4.69, 9.17) is 14.4 Å². The van der Waals surface area contributed by atoms with Gasteiger partial charge in [0.05, 0.1) is 33.5 Å². The van der Waals surface area contributed by atoms with E-state index >= 15 is 0 Å².